The number of nitrogens with zero attached hydrogens (tertiary/aromatic N) is 5. The van der Waals surface area contributed by atoms with Gasteiger partial charge in [-0.1, -0.05) is 13.8 Å². The fraction of sp³-hybridized carbons (Fsp3) is 0.320. The molecule has 0 bridgehead atoms. The van der Waals surface area contributed by atoms with Crippen molar-refractivity contribution in [1.29, 1.82) is 0 Å². The second-order valence-electron chi connectivity index (χ2n) is 9.20. The number of methoxy groups -OCH3 is 1. The number of aromatic nitrogens is 4. The lowest BCUT2D eigenvalue weighted by atomic mass is 9.99. The zero-order valence-corrected chi connectivity index (χ0v) is 23.4. The number of imidazole rings is 1. The zero-order valence-electron chi connectivity index (χ0n) is 21.8. The standard InChI is InChI=1S/C25H28FN5O5S2/c1-15(2)22-19(14-38(34,35)25-27-20-12-11-18(36-5)13-21(20)30(25)3)23(16-7-9-17(26)10-8-16)29-24(28-22)31(4)37(6,32)33/h7-13,15H,14H2,1-6H3. The molecule has 0 aliphatic carbocycles. The monoisotopic (exact) mass is 561 g/mol. The first-order valence-corrected chi connectivity index (χ1v) is 15.1. The molecule has 0 atom stereocenters. The number of hydrogen-bond donors (Lipinski definition) is 0. The van der Waals surface area contributed by atoms with E-state index in [0.29, 0.717) is 28.0 Å². The Morgan fingerprint density at radius 2 is 1.68 bits per heavy atom. The molecule has 0 saturated heterocycles. The molecule has 2 aromatic heterocycles. The van der Waals surface area contributed by atoms with Crippen LogP contribution in [0, 0.1) is 5.82 Å². The average Bonchev–Trinajstić information content (AvgIpc) is 3.20. The minimum Gasteiger partial charge on any atom is -0.497 e. The average molecular weight is 562 g/mol. The third-order valence-electron chi connectivity index (χ3n) is 6.13. The molecule has 2 aromatic carbocycles. The largest absolute Gasteiger partial charge is 0.497 e. The van der Waals surface area contributed by atoms with Crippen LogP contribution in [0.1, 0.15) is 31.0 Å². The number of fused-ring (bicyclic) bond motifs is 1. The van der Waals surface area contributed by atoms with Gasteiger partial charge in [0, 0.05) is 31.3 Å². The molecule has 0 aliphatic heterocycles. The van der Waals surface area contributed by atoms with Gasteiger partial charge in [0.2, 0.25) is 31.0 Å². The van der Waals surface area contributed by atoms with Crippen LogP contribution in [0.25, 0.3) is 22.3 Å². The van der Waals surface area contributed by atoms with E-state index in [1.54, 1.807) is 25.2 Å². The first kappa shape index (κ1) is 27.5. The Hall–Kier alpha value is -3.58. The quantitative estimate of drug-likeness (QED) is 0.319. The molecule has 0 unspecified atom stereocenters. The van der Waals surface area contributed by atoms with E-state index < -0.39 is 31.4 Å². The van der Waals surface area contributed by atoms with Crippen molar-refractivity contribution in [1.82, 2.24) is 19.5 Å². The van der Waals surface area contributed by atoms with Gasteiger partial charge < -0.3 is 9.30 Å². The molecule has 10 nitrogen and oxygen atoms in total. The van der Waals surface area contributed by atoms with E-state index in [4.69, 9.17) is 4.74 Å². The summed E-state index contributed by atoms with van der Waals surface area (Å²) in [5, 5.41) is -0.155. The van der Waals surface area contributed by atoms with Crippen LogP contribution in [-0.4, -0.2) is 56.8 Å². The van der Waals surface area contributed by atoms with Crippen LogP contribution in [0.2, 0.25) is 0 Å². The molecule has 0 amide bonds. The van der Waals surface area contributed by atoms with Gasteiger partial charge >= 0.3 is 0 Å². The van der Waals surface area contributed by atoms with Crippen LogP contribution in [-0.2, 0) is 32.7 Å². The maximum absolute atomic E-state index is 13.8. The third-order valence-corrected chi connectivity index (χ3v) is 8.88. The van der Waals surface area contributed by atoms with Gasteiger partial charge in [0.1, 0.15) is 11.6 Å². The Balaban J connectivity index is 1.95. The Kier molecular flexibility index (Phi) is 7.19. The maximum atomic E-state index is 13.8. The smallest absolute Gasteiger partial charge is 0.239 e. The molecule has 2 heterocycles. The molecule has 38 heavy (non-hydrogen) atoms. The number of hydrogen-bond acceptors (Lipinski definition) is 8. The van der Waals surface area contributed by atoms with Gasteiger partial charge in [-0.2, -0.15) is 0 Å². The first-order valence-electron chi connectivity index (χ1n) is 11.6. The van der Waals surface area contributed by atoms with Crippen molar-refractivity contribution in [2.75, 3.05) is 24.7 Å². The lowest BCUT2D eigenvalue weighted by molar-refractivity contribution is 0.415. The molecule has 4 rings (SSSR count). The molecule has 0 spiro atoms. The van der Waals surface area contributed by atoms with E-state index in [2.05, 4.69) is 15.0 Å². The minimum atomic E-state index is -4.06. The van der Waals surface area contributed by atoms with Gasteiger partial charge in [-0.3, -0.25) is 0 Å². The second kappa shape index (κ2) is 9.95. The fourth-order valence-corrected chi connectivity index (χ4v) is 5.98. The molecular weight excluding hydrogens is 533 g/mol. The number of aryl methyl sites for hydroxylation is 1. The number of sulfone groups is 1. The van der Waals surface area contributed by atoms with E-state index in [0.717, 1.165) is 10.6 Å². The highest BCUT2D eigenvalue weighted by molar-refractivity contribution is 7.92. The summed E-state index contributed by atoms with van der Waals surface area (Å²) in [6, 6.07) is 10.4. The van der Waals surface area contributed by atoms with Crippen LogP contribution >= 0.6 is 0 Å². The van der Waals surface area contributed by atoms with Gasteiger partial charge in [-0.25, -0.2) is 40.5 Å². The molecule has 202 valence electrons. The zero-order chi connectivity index (χ0) is 28.0. The van der Waals surface area contributed by atoms with Crippen LogP contribution in [0.4, 0.5) is 10.3 Å². The fourth-order valence-electron chi connectivity index (χ4n) is 4.05. The Labute approximate surface area is 221 Å². The Morgan fingerprint density at radius 1 is 1.03 bits per heavy atom. The van der Waals surface area contributed by atoms with Crippen molar-refractivity contribution < 1.29 is 26.0 Å². The number of ether oxygens (including phenoxy) is 1. The molecule has 0 radical (unpaired) electrons. The van der Waals surface area contributed by atoms with Gasteiger partial charge in [0.05, 0.1) is 41.5 Å². The molecule has 4 aromatic rings. The van der Waals surface area contributed by atoms with Crippen molar-refractivity contribution >= 4 is 36.8 Å². The highest BCUT2D eigenvalue weighted by Gasteiger charge is 2.30. The molecule has 0 saturated carbocycles. The van der Waals surface area contributed by atoms with Crippen LogP contribution in [0.5, 0.6) is 5.75 Å². The highest BCUT2D eigenvalue weighted by atomic mass is 32.2. The summed E-state index contributed by atoms with van der Waals surface area (Å²) in [4.78, 5) is 13.3. The van der Waals surface area contributed by atoms with E-state index in [9.17, 15) is 21.2 Å². The summed E-state index contributed by atoms with van der Waals surface area (Å²) in [7, 11) is -3.34. The lowest BCUT2D eigenvalue weighted by Gasteiger charge is -2.21. The minimum absolute atomic E-state index is 0.119. The van der Waals surface area contributed by atoms with Crippen LogP contribution < -0.4 is 9.04 Å². The first-order chi connectivity index (χ1) is 17.7. The Morgan fingerprint density at radius 3 is 2.26 bits per heavy atom. The van der Waals surface area contributed by atoms with Crippen molar-refractivity contribution in [2.24, 2.45) is 7.05 Å². The van der Waals surface area contributed by atoms with Crippen LogP contribution in [0.3, 0.4) is 0 Å². The number of halogens is 1. The summed E-state index contributed by atoms with van der Waals surface area (Å²) in [5.41, 5.74) is 2.30. The van der Waals surface area contributed by atoms with Gasteiger partial charge in [0.15, 0.2) is 0 Å². The van der Waals surface area contributed by atoms with E-state index in [1.807, 2.05) is 13.8 Å². The number of rotatable bonds is 8. The number of benzene rings is 2. The molecule has 13 heteroatoms. The van der Waals surface area contributed by atoms with E-state index >= 15 is 0 Å². The van der Waals surface area contributed by atoms with Crippen molar-refractivity contribution in [3.8, 4) is 17.0 Å². The molecule has 0 aliphatic rings. The summed E-state index contributed by atoms with van der Waals surface area (Å²) in [5.74, 6) is -0.844. The third kappa shape index (κ3) is 5.20. The molecular formula is C25H28FN5O5S2. The van der Waals surface area contributed by atoms with Gasteiger partial charge in [-0.05, 0) is 42.3 Å². The van der Waals surface area contributed by atoms with Crippen molar-refractivity contribution in [3.05, 3.63) is 59.5 Å². The highest BCUT2D eigenvalue weighted by Crippen LogP contribution is 2.34. The van der Waals surface area contributed by atoms with E-state index in [-0.39, 0.29) is 28.3 Å². The summed E-state index contributed by atoms with van der Waals surface area (Å²) in [6.07, 6.45) is 1.02. The maximum Gasteiger partial charge on any atom is 0.239 e. The lowest BCUT2D eigenvalue weighted by Crippen LogP contribution is -2.28. The van der Waals surface area contributed by atoms with Crippen LogP contribution in [0.15, 0.2) is 47.6 Å². The number of sulfonamides is 1. The molecule has 0 N–H and O–H groups in total. The van der Waals surface area contributed by atoms with Crippen molar-refractivity contribution in [3.63, 3.8) is 0 Å². The van der Waals surface area contributed by atoms with E-state index in [1.165, 1.54) is 43.0 Å². The molecule has 0 fully saturated rings. The predicted octanol–water partition coefficient (Wildman–Crippen LogP) is 3.67. The SMILES string of the molecule is COc1ccc2nc(S(=O)(=O)Cc3c(-c4ccc(F)cc4)nc(N(C)S(C)(=O)=O)nc3C(C)C)n(C)c2c1. The second-order valence-corrected chi connectivity index (χ2v) is 13.1. The Bertz CT molecular complexity index is 1730. The van der Waals surface area contributed by atoms with Gasteiger partial charge in [-0.15, -0.1) is 0 Å². The predicted molar refractivity (Wildman–Crippen MR) is 143 cm³/mol. The van der Waals surface area contributed by atoms with Gasteiger partial charge in [0.25, 0.3) is 0 Å². The summed E-state index contributed by atoms with van der Waals surface area (Å²) in [6.45, 7) is 3.64. The summed E-state index contributed by atoms with van der Waals surface area (Å²) < 4.78 is 73.5. The topological polar surface area (TPSA) is 124 Å². The van der Waals surface area contributed by atoms with Crippen molar-refractivity contribution in [2.45, 2.75) is 30.7 Å². The number of anilines is 1. The normalized spacial score (nSPS) is 12.3. The summed E-state index contributed by atoms with van der Waals surface area (Å²) >= 11 is 0.